The third kappa shape index (κ3) is 59.4. The van der Waals surface area contributed by atoms with Crippen molar-refractivity contribution >= 4 is 5.91 Å². The minimum Gasteiger partial charge on any atom is -0.394 e. The van der Waals surface area contributed by atoms with Gasteiger partial charge in [0.05, 0.1) is 31.3 Å². The maximum Gasteiger partial charge on any atom is 0.222 e. The highest BCUT2D eigenvalue weighted by atomic mass is 16.3. The molecule has 0 aliphatic rings. The van der Waals surface area contributed by atoms with Gasteiger partial charge in [-0.25, -0.2) is 0 Å². The molecule has 0 fully saturated rings. The van der Waals surface area contributed by atoms with E-state index in [9.17, 15) is 20.1 Å². The van der Waals surface area contributed by atoms with Crippen LogP contribution in [-0.2, 0) is 4.79 Å². The quantitative estimate of drug-likeness (QED) is 0.0361. The van der Waals surface area contributed by atoms with Crippen LogP contribution in [0.3, 0.4) is 0 Å². The molecule has 1 amide bonds. The third-order valence-corrected chi connectivity index (χ3v) is 15.3. The molecule has 5 nitrogen and oxygen atoms in total. The van der Waals surface area contributed by atoms with Gasteiger partial charge in [0.2, 0.25) is 5.91 Å². The Balaban J connectivity index is 3.53. The van der Waals surface area contributed by atoms with E-state index in [2.05, 4.69) is 55.6 Å². The summed E-state index contributed by atoms with van der Waals surface area (Å²) in [6.07, 6.45) is 84.9. The summed E-state index contributed by atoms with van der Waals surface area (Å²) in [6, 6.07) is -0.763. The van der Waals surface area contributed by atoms with Crippen molar-refractivity contribution in [2.75, 3.05) is 6.61 Å². The zero-order chi connectivity index (χ0) is 52.9. The minimum absolute atomic E-state index is 0.00650. The highest BCUT2D eigenvalue weighted by Crippen LogP contribution is 2.18. The van der Waals surface area contributed by atoms with Crippen LogP contribution in [0.1, 0.15) is 354 Å². The van der Waals surface area contributed by atoms with Crippen molar-refractivity contribution in [2.24, 2.45) is 0 Å². The Morgan fingerprint density at radius 3 is 0.959 bits per heavy atom. The molecule has 0 saturated heterocycles. The zero-order valence-electron chi connectivity index (χ0n) is 49.3. The molecule has 0 radical (unpaired) electrons. The number of allylic oxidation sites excluding steroid dienone is 7. The lowest BCUT2D eigenvalue weighted by Gasteiger charge is -2.21. The van der Waals surface area contributed by atoms with E-state index in [4.69, 9.17) is 0 Å². The van der Waals surface area contributed by atoms with Crippen molar-refractivity contribution in [1.29, 1.82) is 0 Å². The maximum atomic E-state index is 12.6. The van der Waals surface area contributed by atoms with Gasteiger partial charge in [0.15, 0.2) is 0 Å². The summed E-state index contributed by atoms with van der Waals surface area (Å²) in [5, 5.41) is 33.5. The van der Waals surface area contributed by atoms with E-state index < -0.39 is 18.2 Å². The first-order valence-corrected chi connectivity index (χ1v) is 32.9. The summed E-state index contributed by atoms with van der Waals surface area (Å²) < 4.78 is 0. The summed E-state index contributed by atoms with van der Waals surface area (Å²) in [6.45, 7) is 4.24. The third-order valence-electron chi connectivity index (χ3n) is 15.3. The van der Waals surface area contributed by atoms with Gasteiger partial charge in [-0.2, -0.15) is 0 Å². The molecular weight excluding hydrogens is 895 g/mol. The van der Waals surface area contributed by atoms with Crippen LogP contribution in [0.2, 0.25) is 0 Å². The Kier molecular flexibility index (Phi) is 61.4. The second-order valence-electron chi connectivity index (χ2n) is 22.7. The standard InChI is InChI=1S/C68H129NO4/c1-3-5-7-9-11-13-15-17-19-21-23-25-26-27-28-29-30-31-32-33-34-35-36-37-38-39-40-42-43-45-47-49-51-53-55-57-59-61-65(71)63-68(73)69-66(64-70)67(72)62-60-58-56-54-52-50-48-46-44-41-24-22-20-18-16-14-12-10-8-6-4-2/h30-31,33-34,52,54,60,62,65-67,70-72H,3-29,32,35-51,53,55-59,61,63-64H2,1-2H3,(H,69,73)/b31-30-,34-33-,54-52+,62-60+. The van der Waals surface area contributed by atoms with Gasteiger partial charge in [-0.3, -0.25) is 4.79 Å². The molecule has 73 heavy (non-hydrogen) atoms. The second kappa shape index (κ2) is 62.8. The van der Waals surface area contributed by atoms with Crippen LogP contribution in [0.4, 0.5) is 0 Å². The summed E-state index contributed by atoms with van der Waals surface area (Å²) in [7, 11) is 0. The number of rotatable bonds is 61. The number of hydrogen-bond acceptors (Lipinski definition) is 4. The summed E-state index contributed by atoms with van der Waals surface area (Å²) in [5.74, 6) is -0.321. The molecule has 5 heteroatoms. The van der Waals surface area contributed by atoms with Crippen molar-refractivity contribution < 1.29 is 20.1 Å². The fourth-order valence-electron chi connectivity index (χ4n) is 10.3. The molecule has 0 spiro atoms. The normalized spacial score (nSPS) is 13.4. The Hall–Kier alpha value is -1.69. The van der Waals surface area contributed by atoms with E-state index >= 15 is 0 Å². The average Bonchev–Trinajstić information content (AvgIpc) is 3.39. The zero-order valence-corrected chi connectivity index (χ0v) is 49.3. The van der Waals surface area contributed by atoms with Crippen molar-refractivity contribution in [2.45, 2.75) is 372 Å². The van der Waals surface area contributed by atoms with Crippen molar-refractivity contribution in [3.8, 4) is 0 Å². The Labute approximate surface area is 457 Å². The first kappa shape index (κ1) is 71.3. The molecule has 430 valence electrons. The van der Waals surface area contributed by atoms with E-state index in [0.29, 0.717) is 6.42 Å². The molecule has 4 N–H and O–H groups in total. The number of amides is 1. The summed E-state index contributed by atoms with van der Waals surface area (Å²) >= 11 is 0. The van der Waals surface area contributed by atoms with E-state index in [1.165, 1.54) is 289 Å². The van der Waals surface area contributed by atoms with Gasteiger partial charge in [-0.1, -0.05) is 332 Å². The van der Waals surface area contributed by atoms with Gasteiger partial charge >= 0.3 is 0 Å². The molecule has 0 aromatic carbocycles. The fraction of sp³-hybridized carbons (Fsp3) is 0.868. The molecular formula is C68H129NO4. The van der Waals surface area contributed by atoms with Crippen LogP contribution in [0.25, 0.3) is 0 Å². The SMILES string of the molecule is CCCCCCCCCCCCCCCCC/C=C\C/C=C\CCCCCCCCCCCCCCCCCC(O)CC(=O)NC(CO)C(O)/C=C/CC/C=C/CCCCCCCCCCCCCCCCC. The van der Waals surface area contributed by atoms with Crippen molar-refractivity contribution in [1.82, 2.24) is 5.32 Å². The van der Waals surface area contributed by atoms with Gasteiger partial charge in [-0.05, 0) is 64.2 Å². The molecule has 0 aliphatic carbocycles. The highest BCUT2D eigenvalue weighted by Gasteiger charge is 2.20. The maximum absolute atomic E-state index is 12.6. The Morgan fingerprint density at radius 2 is 0.630 bits per heavy atom. The number of unbranched alkanes of at least 4 members (excludes halogenated alkanes) is 46. The fourth-order valence-corrected chi connectivity index (χ4v) is 10.3. The summed E-state index contributed by atoms with van der Waals surface area (Å²) in [4.78, 5) is 12.6. The second-order valence-corrected chi connectivity index (χ2v) is 22.7. The molecule has 0 aliphatic heterocycles. The topological polar surface area (TPSA) is 89.8 Å². The number of aliphatic hydroxyl groups excluding tert-OH is 3. The predicted octanol–water partition coefficient (Wildman–Crippen LogP) is 21.1. The number of carbonyl (C=O) groups excluding carboxylic acids is 1. The van der Waals surface area contributed by atoms with Gasteiger partial charge in [0.25, 0.3) is 0 Å². The summed E-state index contributed by atoms with van der Waals surface area (Å²) in [5.41, 5.74) is 0. The first-order valence-electron chi connectivity index (χ1n) is 32.9. The van der Waals surface area contributed by atoms with Gasteiger partial charge < -0.3 is 20.6 Å². The van der Waals surface area contributed by atoms with Gasteiger partial charge in [0.1, 0.15) is 0 Å². The van der Waals surface area contributed by atoms with E-state index in [-0.39, 0.29) is 18.9 Å². The van der Waals surface area contributed by atoms with Gasteiger partial charge in [-0.15, -0.1) is 0 Å². The predicted molar refractivity (Wildman–Crippen MR) is 324 cm³/mol. The lowest BCUT2D eigenvalue weighted by atomic mass is 10.0. The number of hydrogen-bond donors (Lipinski definition) is 4. The molecule has 0 bridgehead atoms. The molecule has 3 unspecified atom stereocenters. The Morgan fingerprint density at radius 1 is 0.356 bits per heavy atom. The van der Waals surface area contributed by atoms with E-state index in [1.807, 2.05) is 6.08 Å². The van der Waals surface area contributed by atoms with E-state index in [1.54, 1.807) is 6.08 Å². The average molecular weight is 1020 g/mol. The monoisotopic (exact) mass is 1020 g/mol. The largest absolute Gasteiger partial charge is 0.394 e. The van der Waals surface area contributed by atoms with Crippen LogP contribution in [0, 0.1) is 0 Å². The van der Waals surface area contributed by atoms with Crippen molar-refractivity contribution in [3.63, 3.8) is 0 Å². The van der Waals surface area contributed by atoms with Gasteiger partial charge in [0, 0.05) is 0 Å². The number of aliphatic hydroxyl groups is 3. The molecule has 0 rings (SSSR count). The van der Waals surface area contributed by atoms with E-state index in [0.717, 1.165) is 38.5 Å². The molecule has 0 aromatic rings. The van der Waals surface area contributed by atoms with Crippen LogP contribution in [-0.4, -0.2) is 46.1 Å². The minimum atomic E-state index is -0.954. The van der Waals surface area contributed by atoms with Crippen LogP contribution in [0.15, 0.2) is 48.6 Å². The highest BCUT2D eigenvalue weighted by molar-refractivity contribution is 5.76. The lowest BCUT2D eigenvalue weighted by Crippen LogP contribution is -2.45. The molecule has 0 heterocycles. The number of nitrogens with one attached hydrogen (secondary N) is 1. The molecule has 0 aromatic heterocycles. The lowest BCUT2D eigenvalue weighted by molar-refractivity contribution is -0.124. The smallest absolute Gasteiger partial charge is 0.222 e. The number of carbonyl (C=O) groups is 1. The Bertz CT molecular complexity index is 1180. The van der Waals surface area contributed by atoms with Crippen LogP contribution >= 0.6 is 0 Å². The first-order chi connectivity index (χ1) is 36.0. The van der Waals surface area contributed by atoms with Crippen LogP contribution < -0.4 is 5.32 Å². The molecule has 0 saturated carbocycles. The van der Waals surface area contributed by atoms with Crippen molar-refractivity contribution in [3.05, 3.63) is 48.6 Å². The molecule has 3 atom stereocenters. The van der Waals surface area contributed by atoms with Crippen LogP contribution in [0.5, 0.6) is 0 Å².